The van der Waals surface area contributed by atoms with Crippen molar-refractivity contribution in [1.29, 1.82) is 0 Å². The number of hydrogen-bond donors (Lipinski definition) is 3. The third kappa shape index (κ3) is 6.62. The third-order valence-electron chi connectivity index (χ3n) is 3.63. The Bertz CT molecular complexity index is 651. The predicted octanol–water partition coefficient (Wildman–Crippen LogP) is 1.76. The van der Waals surface area contributed by atoms with Crippen LogP contribution in [0.2, 0.25) is 0 Å². The van der Waals surface area contributed by atoms with E-state index in [4.69, 9.17) is 4.74 Å². The Morgan fingerprint density at radius 3 is 2.19 bits per heavy atom. The highest BCUT2D eigenvalue weighted by Crippen LogP contribution is 2.13. The van der Waals surface area contributed by atoms with E-state index < -0.39 is 35.7 Å². The number of nitrogens with zero attached hydrogens (tertiary/aromatic N) is 1. The van der Waals surface area contributed by atoms with Gasteiger partial charge in [-0.05, 0) is 45.4 Å². The Hall–Kier alpha value is -2.77. The number of hydrogen-bond acceptors (Lipinski definition) is 5. The van der Waals surface area contributed by atoms with Gasteiger partial charge in [-0.2, -0.15) is 0 Å². The van der Waals surface area contributed by atoms with Crippen LogP contribution >= 0.6 is 0 Å². The second-order valence-electron chi connectivity index (χ2n) is 7.04. The molecule has 26 heavy (non-hydrogen) atoms. The van der Waals surface area contributed by atoms with Gasteiger partial charge < -0.3 is 20.3 Å². The molecule has 0 aliphatic rings. The van der Waals surface area contributed by atoms with Gasteiger partial charge in [-0.25, -0.2) is 9.59 Å². The van der Waals surface area contributed by atoms with Gasteiger partial charge in [0, 0.05) is 13.5 Å². The molecule has 1 aromatic carbocycles. The van der Waals surface area contributed by atoms with Crippen LogP contribution in [-0.2, 0) is 20.7 Å². The van der Waals surface area contributed by atoms with E-state index in [0.717, 1.165) is 4.90 Å². The molecule has 0 saturated carbocycles. The molecule has 144 valence electrons. The number of carbonyl (C=O) groups is 3. The maximum Gasteiger partial charge on any atom is 0.410 e. The van der Waals surface area contributed by atoms with Crippen LogP contribution in [0.4, 0.5) is 4.79 Å². The van der Waals surface area contributed by atoms with E-state index in [9.17, 15) is 24.6 Å². The first-order valence-corrected chi connectivity index (χ1v) is 8.17. The maximum atomic E-state index is 12.3. The van der Waals surface area contributed by atoms with Crippen LogP contribution in [0.3, 0.4) is 0 Å². The Morgan fingerprint density at radius 2 is 1.73 bits per heavy atom. The molecule has 0 saturated heterocycles. The van der Waals surface area contributed by atoms with Gasteiger partial charge in [-0.15, -0.1) is 0 Å². The number of nitrogens with one attached hydrogen (secondary N) is 1. The average Bonchev–Trinajstić information content (AvgIpc) is 2.52. The highest BCUT2D eigenvalue weighted by Gasteiger charge is 2.29. The standard InChI is InChI=1S/C18H26N2O6/c1-11(20(5)17(25)26-18(2,3)4)15(22)19-14(16(23)24)10-12-6-8-13(21)9-7-12/h6-9,11,14,21H,10H2,1-5H3,(H,19,22)(H,23,24)/t11-,14-/m0/s1. The van der Waals surface area contributed by atoms with Crippen LogP contribution in [0, 0.1) is 0 Å². The van der Waals surface area contributed by atoms with Crippen molar-refractivity contribution in [1.82, 2.24) is 10.2 Å². The molecule has 0 heterocycles. The fourth-order valence-electron chi connectivity index (χ4n) is 2.03. The first-order valence-electron chi connectivity index (χ1n) is 8.17. The number of carbonyl (C=O) groups excluding carboxylic acids is 2. The molecule has 0 aliphatic heterocycles. The molecule has 0 fully saturated rings. The Labute approximate surface area is 152 Å². The number of amides is 2. The first-order chi connectivity index (χ1) is 11.9. The molecule has 1 aromatic rings. The van der Waals surface area contributed by atoms with Gasteiger partial charge >= 0.3 is 12.1 Å². The summed E-state index contributed by atoms with van der Waals surface area (Å²) in [5, 5.41) is 21.1. The van der Waals surface area contributed by atoms with Crippen molar-refractivity contribution in [3.8, 4) is 5.75 Å². The van der Waals surface area contributed by atoms with Gasteiger partial charge in [-0.3, -0.25) is 9.69 Å². The number of phenolic OH excluding ortho intramolecular Hbond substituents is 1. The zero-order valence-electron chi connectivity index (χ0n) is 15.6. The van der Waals surface area contributed by atoms with E-state index in [1.54, 1.807) is 32.9 Å². The molecule has 0 bridgehead atoms. The first kappa shape index (κ1) is 21.3. The molecule has 3 N–H and O–H groups in total. The smallest absolute Gasteiger partial charge is 0.410 e. The summed E-state index contributed by atoms with van der Waals surface area (Å²) < 4.78 is 5.20. The number of carboxylic acids is 1. The highest BCUT2D eigenvalue weighted by molar-refractivity contribution is 5.89. The number of aromatic hydroxyl groups is 1. The lowest BCUT2D eigenvalue weighted by Gasteiger charge is -2.28. The van der Waals surface area contributed by atoms with Crippen LogP contribution in [0.25, 0.3) is 0 Å². The molecule has 2 atom stereocenters. The van der Waals surface area contributed by atoms with Gasteiger partial charge in [0.25, 0.3) is 0 Å². The summed E-state index contributed by atoms with van der Waals surface area (Å²) in [4.78, 5) is 36.9. The summed E-state index contributed by atoms with van der Waals surface area (Å²) in [6.07, 6.45) is -0.630. The molecular formula is C18H26N2O6. The van der Waals surface area contributed by atoms with Gasteiger partial charge in [-0.1, -0.05) is 12.1 Å². The number of likely N-dealkylation sites (N-methyl/N-ethyl adjacent to an activating group) is 1. The van der Waals surface area contributed by atoms with Crippen molar-refractivity contribution < 1.29 is 29.3 Å². The lowest BCUT2D eigenvalue weighted by atomic mass is 10.1. The normalized spacial score (nSPS) is 13.4. The van der Waals surface area contributed by atoms with Crippen molar-refractivity contribution in [3.05, 3.63) is 29.8 Å². The fraction of sp³-hybridized carbons (Fsp3) is 0.500. The second kappa shape index (κ2) is 8.55. The molecule has 0 aromatic heterocycles. The molecule has 0 aliphatic carbocycles. The minimum atomic E-state index is -1.20. The van der Waals surface area contributed by atoms with E-state index in [1.165, 1.54) is 26.1 Å². The number of carboxylic acid groups (broad SMARTS) is 1. The van der Waals surface area contributed by atoms with E-state index in [-0.39, 0.29) is 12.2 Å². The zero-order chi connectivity index (χ0) is 20.1. The third-order valence-corrected chi connectivity index (χ3v) is 3.63. The number of aliphatic carboxylic acids is 1. The summed E-state index contributed by atoms with van der Waals surface area (Å²) in [5.41, 5.74) is -0.0621. The second-order valence-corrected chi connectivity index (χ2v) is 7.04. The highest BCUT2D eigenvalue weighted by atomic mass is 16.6. The van der Waals surface area contributed by atoms with E-state index in [0.29, 0.717) is 5.56 Å². The number of benzene rings is 1. The SMILES string of the molecule is C[C@@H](C(=O)N[C@@H](Cc1ccc(O)cc1)C(=O)O)N(C)C(=O)OC(C)(C)C. The molecule has 8 nitrogen and oxygen atoms in total. The zero-order valence-corrected chi connectivity index (χ0v) is 15.6. The van der Waals surface area contributed by atoms with Gasteiger partial charge in [0.15, 0.2) is 0 Å². The molecule has 0 unspecified atom stereocenters. The van der Waals surface area contributed by atoms with Crippen molar-refractivity contribution in [3.63, 3.8) is 0 Å². The Balaban J connectivity index is 2.75. The van der Waals surface area contributed by atoms with Crippen LogP contribution in [-0.4, -0.2) is 57.8 Å². The maximum absolute atomic E-state index is 12.3. The van der Waals surface area contributed by atoms with Crippen LogP contribution < -0.4 is 5.32 Å². The Morgan fingerprint density at radius 1 is 1.19 bits per heavy atom. The lowest BCUT2D eigenvalue weighted by Crippen LogP contribution is -2.52. The monoisotopic (exact) mass is 366 g/mol. The topological polar surface area (TPSA) is 116 Å². The van der Waals surface area contributed by atoms with Gasteiger partial charge in [0.2, 0.25) is 5.91 Å². The molecule has 0 spiro atoms. The van der Waals surface area contributed by atoms with Crippen LogP contribution in [0.15, 0.2) is 24.3 Å². The predicted molar refractivity (Wildman–Crippen MR) is 94.8 cm³/mol. The molecular weight excluding hydrogens is 340 g/mol. The van der Waals surface area contributed by atoms with Crippen molar-refractivity contribution in [2.24, 2.45) is 0 Å². The van der Waals surface area contributed by atoms with Gasteiger partial charge in [0.1, 0.15) is 23.4 Å². The Kier molecular flexibility index (Phi) is 7.00. The molecule has 1 rings (SSSR count). The summed E-state index contributed by atoms with van der Waals surface area (Å²) in [5.74, 6) is -1.74. The summed E-state index contributed by atoms with van der Waals surface area (Å²) in [6, 6.07) is 3.96. The summed E-state index contributed by atoms with van der Waals surface area (Å²) in [6.45, 7) is 6.61. The van der Waals surface area contributed by atoms with E-state index in [1.807, 2.05) is 0 Å². The van der Waals surface area contributed by atoms with Crippen LogP contribution in [0.1, 0.15) is 33.3 Å². The van der Waals surface area contributed by atoms with Crippen LogP contribution in [0.5, 0.6) is 5.75 Å². The number of phenols is 1. The van der Waals surface area contributed by atoms with Crippen molar-refractivity contribution in [2.45, 2.75) is 51.8 Å². The average molecular weight is 366 g/mol. The molecule has 2 amide bonds. The lowest BCUT2D eigenvalue weighted by molar-refractivity contribution is -0.142. The van der Waals surface area contributed by atoms with Crippen molar-refractivity contribution >= 4 is 18.0 Å². The molecule has 0 radical (unpaired) electrons. The quantitative estimate of drug-likeness (QED) is 0.706. The fourth-order valence-corrected chi connectivity index (χ4v) is 2.03. The number of rotatable bonds is 6. The van der Waals surface area contributed by atoms with Crippen molar-refractivity contribution in [2.75, 3.05) is 7.05 Å². The largest absolute Gasteiger partial charge is 0.508 e. The van der Waals surface area contributed by atoms with Gasteiger partial charge in [0.05, 0.1) is 0 Å². The number of ether oxygens (including phenoxy) is 1. The van der Waals surface area contributed by atoms with E-state index >= 15 is 0 Å². The minimum absolute atomic E-state index is 0.0459. The van der Waals surface area contributed by atoms with E-state index in [2.05, 4.69) is 5.32 Å². The minimum Gasteiger partial charge on any atom is -0.508 e. The molecule has 8 heteroatoms. The summed E-state index contributed by atoms with van der Waals surface area (Å²) in [7, 11) is 1.41. The summed E-state index contributed by atoms with van der Waals surface area (Å²) >= 11 is 0.